The molecule has 0 aliphatic rings. The first-order valence-corrected chi connectivity index (χ1v) is 5.16. The second-order valence-electron chi connectivity index (χ2n) is 3.87. The molecule has 86 valence electrons. The maximum absolute atomic E-state index is 13.7. The topological polar surface area (TPSA) is 37.3 Å². The van der Waals surface area contributed by atoms with E-state index in [9.17, 15) is 14.3 Å². The highest BCUT2D eigenvalue weighted by molar-refractivity contribution is 5.82. The van der Waals surface area contributed by atoms with Gasteiger partial charge in [0.1, 0.15) is 11.6 Å². The van der Waals surface area contributed by atoms with Crippen LogP contribution in [0.5, 0.6) is 5.75 Å². The number of halogens is 1. The highest BCUT2D eigenvalue weighted by Crippen LogP contribution is 2.27. The normalized spacial score (nSPS) is 10.2. The Balaban J connectivity index is 2.56. The van der Waals surface area contributed by atoms with Gasteiger partial charge in [0.05, 0.1) is 5.56 Å². The molecule has 2 aromatic carbocycles. The van der Waals surface area contributed by atoms with Gasteiger partial charge in [0, 0.05) is 5.56 Å². The summed E-state index contributed by atoms with van der Waals surface area (Å²) in [7, 11) is 0. The van der Waals surface area contributed by atoms with E-state index in [1.807, 2.05) is 0 Å². The minimum absolute atomic E-state index is 0.101. The Bertz CT molecular complexity index is 576. The second-order valence-corrected chi connectivity index (χ2v) is 3.87. The second kappa shape index (κ2) is 4.37. The number of rotatable bonds is 2. The number of benzene rings is 2. The number of aryl methyl sites for hydroxylation is 1. The lowest BCUT2D eigenvalue weighted by molar-refractivity contribution is 0.112. The van der Waals surface area contributed by atoms with E-state index in [2.05, 4.69) is 0 Å². The quantitative estimate of drug-likeness (QED) is 0.803. The van der Waals surface area contributed by atoms with Gasteiger partial charge in [-0.1, -0.05) is 18.2 Å². The highest BCUT2D eigenvalue weighted by atomic mass is 19.1. The van der Waals surface area contributed by atoms with Crippen LogP contribution >= 0.6 is 0 Å². The number of aldehydes is 1. The van der Waals surface area contributed by atoms with E-state index in [4.69, 9.17) is 0 Å². The lowest BCUT2D eigenvalue weighted by atomic mass is 10.0. The zero-order chi connectivity index (χ0) is 12.4. The van der Waals surface area contributed by atoms with Gasteiger partial charge < -0.3 is 5.11 Å². The molecular weight excluding hydrogens is 219 g/mol. The minimum atomic E-state index is -0.340. The van der Waals surface area contributed by atoms with Gasteiger partial charge in [-0.3, -0.25) is 4.79 Å². The van der Waals surface area contributed by atoms with Crippen LogP contribution in [0.2, 0.25) is 0 Å². The summed E-state index contributed by atoms with van der Waals surface area (Å²) in [4.78, 5) is 10.7. The summed E-state index contributed by atoms with van der Waals surface area (Å²) in [6.45, 7) is 1.81. The van der Waals surface area contributed by atoms with Crippen molar-refractivity contribution in [1.29, 1.82) is 0 Å². The number of carbonyl (C=O) groups is 1. The molecular formula is C14H11FO2. The molecule has 0 aliphatic heterocycles. The molecule has 2 nitrogen and oxygen atoms in total. The van der Waals surface area contributed by atoms with Crippen molar-refractivity contribution in [2.75, 3.05) is 0 Å². The van der Waals surface area contributed by atoms with E-state index in [-0.39, 0.29) is 17.1 Å². The maximum atomic E-state index is 13.7. The average Bonchev–Trinajstić information content (AvgIpc) is 2.30. The number of phenols is 1. The van der Waals surface area contributed by atoms with Crippen LogP contribution in [-0.2, 0) is 0 Å². The average molecular weight is 230 g/mol. The van der Waals surface area contributed by atoms with Crippen LogP contribution in [0.4, 0.5) is 4.39 Å². The summed E-state index contributed by atoms with van der Waals surface area (Å²) >= 11 is 0. The Morgan fingerprint density at radius 3 is 2.59 bits per heavy atom. The van der Waals surface area contributed by atoms with E-state index in [1.165, 1.54) is 18.2 Å². The van der Waals surface area contributed by atoms with Crippen LogP contribution < -0.4 is 0 Å². The van der Waals surface area contributed by atoms with Crippen molar-refractivity contribution in [3.05, 3.63) is 53.3 Å². The summed E-state index contributed by atoms with van der Waals surface area (Å²) in [6.07, 6.45) is 0.547. The van der Waals surface area contributed by atoms with Gasteiger partial charge in [0.15, 0.2) is 6.29 Å². The summed E-state index contributed by atoms with van der Waals surface area (Å²) in [6, 6.07) is 9.32. The fraction of sp³-hybridized carbons (Fsp3) is 0.0714. The summed E-state index contributed by atoms with van der Waals surface area (Å²) < 4.78 is 13.7. The van der Waals surface area contributed by atoms with Crippen LogP contribution in [0.15, 0.2) is 36.4 Å². The number of carbonyl (C=O) groups excluding carboxylic acids is 1. The molecule has 0 heterocycles. The standard InChI is InChI=1S/C14H11FO2/c1-9-2-4-12(13(15)6-9)10-3-5-14(17)11(7-10)8-16/h2-8,17H,1H3. The molecule has 1 N–H and O–H groups in total. The number of hydrogen-bond donors (Lipinski definition) is 1. The molecule has 2 rings (SSSR count). The SMILES string of the molecule is Cc1ccc(-c2ccc(O)c(C=O)c2)c(F)c1. The molecule has 0 radical (unpaired) electrons. The third kappa shape index (κ3) is 2.18. The van der Waals surface area contributed by atoms with Crippen molar-refractivity contribution in [3.63, 3.8) is 0 Å². The molecule has 0 aromatic heterocycles. The van der Waals surface area contributed by atoms with E-state index in [1.54, 1.807) is 25.1 Å². The van der Waals surface area contributed by atoms with Gasteiger partial charge in [0.25, 0.3) is 0 Å². The lowest BCUT2D eigenvalue weighted by Gasteiger charge is -2.06. The van der Waals surface area contributed by atoms with Gasteiger partial charge in [-0.15, -0.1) is 0 Å². The Hall–Kier alpha value is -2.16. The van der Waals surface area contributed by atoms with Crippen LogP contribution in [0.3, 0.4) is 0 Å². The molecule has 0 saturated carbocycles. The van der Waals surface area contributed by atoms with Gasteiger partial charge in [-0.2, -0.15) is 0 Å². The van der Waals surface area contributed by atoms with Gasteiger partial charge in [-0.05, 0) is 36.2 Å². The van der Waals surface area contributed by atoms with Gasteiger partial charge >= 0.3 is 0 Å². The van der Waals surface area contributed by atoms with Crippen LogP contribution in [0, 0.1) is 12.7 Å². The Morgan fingerprint density at radius 1 is 1.18 bits per heavy atom. The predicted octanol–water partition coefficient (Wildman–Crippen LogP) is 3.32. The fourth-order valence-electron chi connectivity index (χ4n) is 1.67. The molecule has 3 heteroatoms. The van der Waals surface area contributed by atoms with Crippen molar-refractivity contribution in [1.82, 2.24) is 0 Å². The van der Waals surface area contributed by atoms with Crippen molar-refractivity contribution in [3.8, 4) is 16.9 Å². The Kier molecular flexibility index (Phi) is 2.91. The number of hydrogen-bond acceptors (Lipinski definition) is 2. The van der Waals surface area contributed by atoms with Gasteiger partial charge in [-0.25, -0.2) is 4.39 Å². The van der Waals surface area contributed by atoms with E-state index >= 15 is 0 Å². The zero-order valence-electron chi connectivity index (χ0n) is 9.27. The molecule has 0 fully saturated rings. The molecule has 2 aromatic rings. The molecule has 0 unspecified atom stereocenters. The summed E-state index contributed by atoms with van der Waals surface area (Å²) in [5.41, 5.74) is 1.98. The maximum Gasteiger partial charge on any atom is 0.153 e. The zero-order valence-corrected chi connectivity index (χ0v) is 9.27. The predicted molar refractivity (Wildman–Crippen MR) is 63.6 cm³/mol. The minimum Gasteiger partial charge on any atom is -0.507 e. The van der Waals surface area contributed by atoms with E-state index in [0.717, 1.165) is 5.56 Å². The van der Waals surface area contributed by atoms with E-state index in [0.29, 0.717) is 17.4 Å². The molecule has 0 atom stereocenters. The Labute approximate surface area is 98.3 Å². The van der Waals surface area contributed by atoms with Crippen LogP contribution in [0.1, 0.15) is 15.9 Å². The first kappa shape index (κ1) is 11.3. The highest BCUT2D eigenvalue weighted by Gasteiger charge is 2.08. The summed E-state index contributed by atoms with van der Waals surface area (Å²) in [5.74, 6) is -0.441. The molecule has 0 spiro atoms. The third-order valence-corrected chi connectivity index (χ3v) is 2.59. The molecule has 0 saturated heterocycles. The molecule has 0 amide bonds. The first-order chi connectivity index (χ1) is 8.11. The third-order valence-electron chi connectivity index (χ3n) is 2.59. The van der Waals surface area contributed by atoms with Crippen molar-refractivity contribution >= 4 is 6.29 Å². The largest absolute Gasteiger partial charge is 0.507 e. The van der Waals surface area contributed by atoms with Crippen LogP contribution in [0.25, 0.3) is 11.1 Å². The van der Waals surface area contributed by atoms with Crippen molar-refractivity contribution in [2.45, 2.75) is 6.92 Å². The first-order valence-electron chi connectivity index (χ1n) is 5.16. The van der Waals surface area contributed by atoms with Crippen LogP contribution in [-0.4, -0.2) is 11.4 Å². The van der Waals surface area contributed by atoms with Crippen molar-refractivity contribution < 1.29 is 14.3 Å². The van der Waals surface area contributed by atoms with Gasteiger partial charge in [0.2, 0.25) is 0 Å². The number of aromatic hydroxyl groups is 1. The lowest BCUT2D eigenvalue weighted by Crippen LogP contribution is -1.88. The fourth-order valence-corrected chi connectivity index (χ4v) is 1.67. The monoisotopic (exact) mass is 230 g/mol. The number of phenolic OH excluding ortho intramolecular Hbond substituents is 1. The molecule has 0 aliphatic carbocycles. The Morgan fingerprint density at radius 2 is 1.94 bits per heavy atom. The molecule has 17 heavy (non-hydrogen) atoms. The van der Waals surface area contributed by atoms with E-state index < -0.39 is 0 Å². The van der Waals surface area contributed by atoms with Crippen molar-refractivity contribution in [2.24, 2.45) is 0 Å². The molecule has 0 bridgehead atoms. The summed E-state index contributed by atoms with van der Waals surface area (Å²) in [5, 5.41) is 9.37. The smallest absolute Gasteiger partial charge is 0.153 e.